The van der Waals surface area contributed by atoms with Crippen LogP contribution in [0, 0.1) is 11.3 Å². The summed E-state index contributed by atoms with van der Waals surface area (Å²) in [6, 6.07) is 12.2. The SMILES string of the molecule is COc1ccc(NC=C(C#N)S(=O)(=O)c2ccc(Cl)cc2)cc1OC. The molecule has 0 unspecified atom stereocenters. The molecule has 0 atom stereocenters. The van der Waals surface area contributed by atoms with Crippen molar-refractivity contribution in [1.82, 2.24) is 0 Å². The minimum atomic E-state index is -3.94. The fraction of sp³-hybridized carbons (Fsp3) is 0.118. The Labute approximate surface area is 151 Å². The van der Waals surface area contributed by atoms with E-state index in [1.165, 1.54) is 38.5 Å². The Bertz CT molecular complexity index is 932. The molecule has 0 aliphatic heterocycles. The van der Waals surface area contributed by atoms with Crippen LogP contribution in [0.3, 0.4) is 0 Å². The maximum Gasteiger partial charge on any atom is 0.218 e. The lowest BCUT2D eigenvalue weighted by Gasteiger charge is -2.10. The van der Waals surface area contributed by atoms with Crippen molar-refractivity contribution in [3.8, 4) is 17.6 Å². The number of nitrogens with zero attached hydrogens (tertiary/aromatic N) is 1. The molecular weight excluding hydrogens is 364 g/mol. The third-order valence-electron chi connectivity index (χ3n) is 3.28. The molecule has 1 N–H and O–H groups in total. The first-order valence-electron chi connectivity index (χ1n) is 7.02. The number of sulfone groups is 1. The molecule has 2 rings (SSSR count). The fourth-order valence-electron chi connectivity index (χ4n) is 1.99. The summed E-state index contributed by atoms with van der Waals surface area (Å²) < 4.78 is 35.3. The Morgan fingerprint density at radius 1 is 1.12 bits per heavy atom. The second kappa shape index (κ2) is 7.92. The zero-order valence-electron chi connectivity index (χ0n) is 13.5. The second-order valence-corrected chi connectivity index (χ2v) is 7.15. The summed E-state index contributed by atoms with van der Waals surface area (Å²) in [6.07, 6.45) is 1.13. The summed E-state index contributed by atoms with van der Waals surface area (Å²) in [6.45, 7) is 0. The third-order valence-corrected chi connectivity index (χ3v) is 5.21. The number of benzene rings is 2. The average molecular weight is 379 g/mol. The highest BCUT2D eigenvalue weighted by atomic mass is 35.5. The fourth-order valence-corrected chi connectivity index (χ4v) is 3.19. The number of anilines is 1. The molecule has 0 bridgehead atoms. The van der Waals surface area contributed by atoms with Gasteiger partial charge in [-0.1, -0.05) is 11.6 Å². The summed E-state index contributed by atoms with van der Waals surface area (Å²) in [7, 11) is -0.943. The molecule has 0 saturated heterocycles. The van der Waals surface area contributed by atoms with Gasteiger partial charge in [0.1, 0.15) is 6.07 Å². The van der Waals surface area contributed by atoms with Gasteiger partial charge in [0.2, 0.25) is 9.84 Å². The predicted molar refractivity (Wildman–Crippen MR) is 95.5 cm³/mol. The predicted octanol–water partition coefficient (Wildman–Crippen LogP) is 3.61. The van der Waals surface area contributed by atoms with Gasteiger partial charge in [0.25, 0.3) is 0 Å². The van der Waals surface area contributed by atoms with Gasteiger partial charge in [0, 0.05) is 23.0 Å². The number of ether oxygens (including phenoxy) is 2. The molecule has 0 saturated carbocycles. The molecule has 130 valence electrons. The highest BCUT2D eigenvalue weighted by Crippen LogP contribution is 2.30. The molecule has 2 aromatic carbocycles. The van der Waals surface area contributed by atoms with Gasteiger partial charge in [-0.25, -0.2) is 8.42 Å². The van der Waals surface area contributed by atoms with Crippen LogP contribution >= 0.6 is 11.6 Å². The minimum absolute atomic E-state index is 0.0150. The molecule has 2 aromatic rings. The second-order valence-electron chi connectivity index (χ2n) is 4.79. The Balaban J connectivity index is 2.32. The van der Waals surface area contributed by atoms with Crippen LogP contribution in [0.5, 0.6) is 11.5 Å². The van der Waals surface area contributed by atoms with Gasteiger partial charge in [-0.05, 0) is 36.4 Å². The number of rotatable bonds is 6. The largest absolute Gasteiger partial charge is 0.493 e. The molecule has 0 amide bonds. The number of hydrogen-bond donors (Lipinski definition) is 1. The van der Waals surface area contributed by atoms with E-state index in [1.54, 1.807) is 24.3 Å². The first-order chi connectivity index (χ1) is 11.9. The van der Waals surface area contributed by atoms with Crippen molar-refractivity contribution >= 4 is 27.1 Å². The molecule has 0 heterocycles. The molecule has 0 radical (unpaired) electrons. The van der Waals surface area contributed by atoms with Gasteiger partial charge in [-0.3, -0.25) is 0 Å². The molecule has 0 aliphatic rings. The summed E-state index contributed by atoms with van der Waals surface area (Å²) in [4.78, 5) is -0.441. The zero-order chi connectivity index (χ0) is 18.4. The number of methoxy groups -OCH3 is 2. The quantitative estimate of drug-likeness (QED) is 0.772. The van der Waals surface area contributed by atoms with Crippen molar-refractivity contribution in [2.24, 2.45) is 0 Å². The lowest BCUT2D eigenvalue weighted by atomic mass is 10.3. The maximum atomic E-state index is 12.5. The number of nitrogens with one attached hydrogen (secondary N) is 1. The smallest absolute Gasteiger partial charge is 0.218 e. The topological polar surface area (TPSA) is 88.4 Å². The van der Waals surface area contributed by atoms with Crippen molar-refractivity contribution in [2.45, 2.75) is 4.90 Å². The van der Waals surface area contributed by atoms with Gasteiger partial charge >= 0.3 is 0 Å². The number of nitriles is 1. The van der Waals surface area contributed by atoms with Crippen LogP contribution in [0.15, 0.2) is 58.5 Å². The van der Waals surface area contributed by atoms with Gasteiger partial charge in [0.05, 0.1) is 19.1 Å². The Kier molecular flexibility index (Phi) is 5.91. The number of hydrogen-bond acceptors (Lipinski definition) is 6. The van der Waals surface area contributed by atoms with Crippen molar-refractivity contribution in [1.29, 1.82) is 5.26 Å². The van der Waals surface area contributed by atoms with E-state index in [2.05, 4.69) is 5.32 Å². The summed E-state index contributed by atoms with van der Waals surface area (Å²) in [5.41, 5.74) is 0.539. The van der Waals surface area contributed by atoms with E-state index < -0.39 is 14.7 Å². The van der Waals surface area contributed by atoms with E-state index in [0.717, 1.165) is 6.20 Å². The standard InChI is InChI=1S/C17H15ClN2O4S/c1-23-16-8-5-13(9-17(16)24-2)20-11-15(10-19)25(21,22)14-6-3-12(18)4-7-14/h3-9,11,20H,1-2H3. The number of halogens is 1. The van der Waals surface area contributed by atoms with Crippen LogP contribution in [0.4, 0.5) is 5.69 Å². The lowest BCUT2D eigenvalue weighted by Crippen LogP contribution is -2.05. The van der Waals surface area contributed by atoms with E-state index >= 15 is 0 Å². The third kappa shape index (κ3) is 4.24. The van der Waals surface area contributed by atoms with Crippen LogP contribution in [-0.4, -0.2) is 22.6 Å². The van der Waals surface area contributed by atoms with E-state index in [4.69, 9.17) is 21.1 Å². The molecular formula is C17H15ClN2O4S. The van der Waals surface area contributed by atoms with Crippen LogP contribution in [0.1, 0.15) is 0 Å². The van der Waals surface area contributed by atoms with E-state index in [-0.39, 0.29) is 4.90 Å². The van der Waals surface area contributed by atoms with Crippen molar-refractivity contribution in [3.05, 3.63) is 58.6 Å². The van der Waals surface area contributed by atoms with Gasteiger partial charge in [0.15, 0.2) is 16.4 Å². The molecule has 8 heteroatoms. The molecule has 6 nitrogen and oxygen atoms in total. The summed E-state index contributed by atoms with van der Waals surface area (Å²) in [5, 5.41) is 12.4. The van der Waals surface area contributed by atoms with Crippen LogP contribution < -0.4 is 14.8 Å². The normalized spacial score (nSPS) is 11.5. The highest BCUT2D eigenvalue weighted by molar-refractivity contribution is 7.95. The Morgan fingerprint density at radius 3 is 2.32 bits per heavy atom. The van der Waals surface area contributed by atoms with Crippen molar-refractivity contribution < 1.29 is 17.9 Å². The van der Waals surface area contributed by atoms with Crippen LogP contribution in [0.2, 0.25) is 5.02 Å². The van der Waals surface area contributed by atoms with E-state index in [1.807, 2.05) is 0 Å². The van der Waals surface area contributed by atoms with Crippen molar-refractivity contribution in [2.75, 3.05) is 19.5 Å². The maximum absolute atomic E-state index is 12.5. The first kappa shape index (κ1) is 18.6. The van der Waals surface area contributed by atoms with E-state index in [9.17, 15) is 13.7 Å². The average Bonchev–Trinajstić information content (AvgIpc) is 2.62. The van der Waals surface area contributed by atoms with Gasteiger partial charge in [-0.15, -0.1) is 0 Å². The molecule has 0 spiro atoms. The Morgan fingerprint density at radius 2 is 1.76 bits per heavy atom. The van der Waals surface area contributed by atoms with E-state index in [0.29, 0.717) is 22.2 Å². The highest BCUT2D eigenvalue weighted by Gasteiger charge is 2.20. The van der Waals surface area contributed by atoms with Gasteiger partial charge in [-0.2, -0.15) is 5.26 Å². The molecule has 0 aliphatic carbocycles. The molecule has 25 heavy (non-hydrogen) atoms. The number of allylic oxidation sites excluding steroid dienone is 1. The molecule has 0 fully saturated rings. The Hall–Kier alpha value is -2.69. The minimum Gasteiger partial charge on any atom is -0.493 e. The lowest BCUT2D eigenvalue weighted by molar-refractivity contribution is 0.355. The van der Waals surface area contributed by atoms with Crippen LogP contribution in [-0.2, 0) is 9.84 Å². The molecule has 0 aromatic heterocycles. The summed E-state index contributed by atoms with van der Waals surface area (Å²) >= 11 is 5.76. The summed E-state index contributed by atoms with van der Waals surface area (Å²) in [5.74, 6) is 1.01. The van der Waals surface area contributed by atoms with Gasteiger partial charge < -0.3 is 14.8 Å². The monoisotopic (exact) mass is 378 g/mol. The first-order valence-corrected chi connectivity index (χ1v) is 8.88. The van der Waals surface area contributed by atoms with Crippen molar-refractivity contribution in [3.63, 3.8) is 0 Å². The zero-order valence-corrected chi connectivity index (χ0v) is 15.1. The van der Waals surface area contributed by atoms with Crippen LogP contribution in [0.25, 0.3) is 0 Å².